The summed E-state index contributed by atoms with van der Waals surface area (Å²) in [7, 11) is 1.59. The van der Waals surface area contributed by atoms with Crippen LogP contribution in [0.25, 0.3) is 10.2 Å². The topological polar surface area (TPSA) is 102 Å². The van der Waals surface area contributed by atoms with Crippen molar-refractivity contribution < 1.29 is 14.3 Å². The van der Waals surface area contributed by atoms with Crippen molar-refractivity contribution in [2.24, 2.45) is 0 Å². The number of carbonyl (C=O) groups is 2. The van der Waals surface area contributed by atoms with Crippen LogP contribution in [0.2, 0.25) is 0 Å². The Labute approximate surface area is 176 Å². The van der Waals surface area contributed by atoms with Crippen molar-refractivity contribution in [3.63, 3.8) is 0 Å². The summed E-state index contributed by atoms with van der Waals surface area (Å²) < 4.78 is 6.75. The van der Waals surface area contributed by atoms with Crippen LogP contribution in [0.5, 0.6) is 0 Å². The van der Waals surface area contributed by atoms with Gasteiger partial charge in [0.15, 0.2) is 5.16 Å². The minimum Gasteiger partial charge on any atom is -0.383 e. The lowest BCUT2D eigenvalue weighted by atomic mass is 9.97. The lowest BCUT2D eigenvalue weighted by Gasteiger charge is -2.13. The van der Waals surface area contributed by atoms with Gasteiger partial charge < -0.3 is 10.1 Å². The normalized spacial score (nSPS) is 15.9. The van der Waals surface area contributed by atoms with Gasteiger partial charge in [-0.25, -0.2) is 9.78 Å². The molecule has 2 aromatic rings. The number of nitrogens with zero attached hydrogens (tertiary/aromatic N) is 2. The smallest absolute Gasteiger partial charge is 0.321 e. The van der Waals surface area contributed by atoms with Crippen molar-refractivity contribution in [1.82, 2.24) is 20.2 Å². The number of urea groups is 1. The van der Waals surface area contributed by atoms with Crippen molar-refractivity contribution in [3.05, 3.63) is 20.8 Å². The fourth-order valence-electron chi connectivity index (χ4n) is 3.45. The number of aromatic nitrogens is 2. The SMILES string of the molecule is COCCn1c(SCC(=O)NC(=O)NC2CC2)nc2sc3c(c2c1=O)CCCC3. The number of imide groups is 1. The second-order valence-corrected chi connectivity index (χ2v) is 9.35. The van der Waals surface area contributed by atoms with Crippen molar-refractivity contribution in [3.8, 4) is 0 Å². The summed E-state index contributed by atoms with van der Waals surface area (Å²) in [5.41, 5.74) is 1.08. The molecule has 2 aromatic heterocycles. The predicted octanol–water partition coefficient (Wildman–Crippen LogP) is 2.06. The zero-order valence-electron chi connectivity index (χ0n) is 16.3. The molecule has 1 saturated carbocycles. The molecule has 2 aliphatic carbocycles. The highest BCUT2D eigenvalue weighted by molar-refractivity contribution is 7.99. The summed E-state index contributed by atoms with van der Waals surface area (Å²) in [6, 6.07) is -0.284. The highest BCUT2D eigenvalue weighted by Crippen LogP contribution is 2.34. The van der Waals surface area contributed by atoms with E-state index in [1.807, 2.05) is 0 Å². The molecule has 0 spiro atoms. The Bertz CT molecular complexity index is 996. The molecule has 10 heteroatoms. The maximum Gasteiger partial charge on any atom is 0.321 e. The maximum atomic E-state index is 13.2. The summed E-state index contributed by atoms with van der Waals surface area (Å²) in [5.74, 6) is -0.403. The molecular weight excluding hydrogens is 412 g/mol. The lowest BCUT2D eigenvalue weighted by Crippen LogP contribution is -2.41. The molecule has 0 atom stereocenters. The number of hydrogen-bond acceptors (Lipinski definition) is 7. The molecule has 2 N–H and O–H groups in total. The van der Waals surface area contributed by atoms with E-state index >= 15 is 0 Å². The first kappa shape index (κ1) is 20.4. The van der Waals surface area contributed by atoms with Crippen LogP contribution in [0.1, 0.15) is 36.1 Å². The van der Waals surface area contributed by atoms with Gasteiger partial charge in [0.05, 0.1) is 24.3 Å². The van der Waals surface area contributed by atoms with Gasteiger partial charge >= 0.3 is 6.03 Å². The van der Waals surface area contributed by atoms with Crippen LogP contribution in [0.3, 0.4) is 0 Å². The Kier molecular flexibility index (Phi) is 6.21. The molecule has 8 nitrogen and oxygen atoms in total. The fraction of sp³-hybridized carbons (Fsp3) is 0.579. The maximum absolute atomic E-state index is 13.2. The quantitative estimate of drug-likeness (QED) is 0.509. The van der Waals surface area contributed by atoms with Gasteiger partial charge in [0.2, 0.25) is 5.91 Å². The van der Waals surface area contributed by atoms with Gasteiger partial charge in [-0.1, -0.05) is 11.8 Å². The van der Waals surface area contributed by atoms with Gasteiger partial charge in [0, 0.05) is 18.0 Å². The standard InChI is InChI=1S/C19H24N4O4S2/c1-27-9-8-23-17(25)15-12-4-2-3-5-13(12)29-16(15)22-19(23)28-10-14(24)21-18(26)20-11-6-7-11/h11H,2-10H2,1H3,(H2,20,21,24,26). The first-order valence-corrected chi connectivity index (χ1v) is 11.6. The average molecular weight is 437 g/mol. The second kappa shape index (κ2) is 8.85. The molecule has 0 saturated heterocycles. The summed E-state index contributed by atoms with van der Waals surface area (Å²) in [6.07, 6.45) is 6.06. The number of nitrogens with one attached hydrogen (secondary N) is 2. The number of hydrogen-bond donors (Lipinski definition) is 2. The van der Waals surface area contributed by atoms with Crippen LogP contribution in [-0.2, 0) is 28.9 Å². The molecule has 0 unspecified atom stereocenters. The third-order valence-corrected chi connectivity index (χ3v) is 7.22. The average Bonchev–Trinajstić information content (AvgIpc) is 3.42. The number of amides is 3. The van der Waals surface area contributed by atoms with Crippen molar-refractivity contribution in [2.45, 2.75) is 56.3 Å². The number of carbonyl (C=O) groups excluding carboxylic acids is 2. The molecular formula is C19H24N4O4S2. The van der Waals surface area contributed by atoms with E-state index in [-0.39, 0.29) is 17.4 Å². The van der Waals surface area contributed by atoms with Gasteiger partial charge in [-0.3, -0.25) is 19.5 Å². The summed E-state index contributed by atoms with van der Waals surface area (Å²) in [4.78, 5) is 43.8. The number of ether oxygens (including phenoxy) is 1. The molecule has 2 heterocycles. The molecule has 3 amide bonds. The van der Waals surface area contributed by atoms with Crippen molar-refractivity contribution in [2.75, 3.05) is 19.5 Å². The molecule has 0 aromatic carbocycles. The van der Waals surface area contributed by atoms with Gasteiger partial charge in [-0.15, -0.1) is 11.3 Å². The van der Waals surface area contributed by atoms with Crippen molar-refractivity contribution >= 4 is 45.3 Å². The van der Waals surface area contributed by atoms with E-state index in [1.165, 1.54) is 16.6 Å². The van der Waals surface area contributed by atoms with Gasteiger partial charge in [-0.05, 0) is 44.1 Å². The van der Waals surface area contributed by atoms with Gasteiger partial charge in [0.1, 0.15) is 4.83 Å². The monoisotopic (exact) mass is 436 g/mol. The third kappa shape index (κ3) is 4.65. The Morgan fingerprint density at radius 1 is 1.31 bits per heavy atom. The Hall–Kier alpha value is -1.91. The molecule has 0 radical (unpaired) electrons. The highest BCUT2D eigenvalue weighted by Gasteiger charge is 2.25. The number of fused-ring (bicyclic) bond motifs is 3. The van der Waals surface area contributed by atoms with E-state index in [4.69, 9.17) is 9.72 Å². The molecule has 156 valence electrons. The van der Waals surface area contributed by atoms with Gasteiger partial charge in [-0.2, -0.15) is 0 Å². The van der Waals surface area contributed by atoms with Crippen LogP contribution in [0.4, 0.5) is 4.79 Å². The zero-order valence-corrected chi connectivity index (χ0v) is 17.9. The zero-order chi connectivity index (χ0) is 20.4. The molecule has 2 aliphatic rings. The van der Waals surface area contributed by atoms with Crippen molar-refractivity contribution in [1.29, 1.82) is 0 Å². The largest absolute Gasteiger partial charge is 0.383 e. The number of aryl methyl sites for hydroxylation is 2. The van der Waals surface area contributed by atoms with E-state index in [1.54, 1.807) is 23.0 Å². The predicted molar refractivity (Wildman–Crippen MR) is 113 cm³/mol. The first-order chi connectivity index (χ1) is 14.1. The van der Waals surface area contributed by atoms with Crippen LogP contribution in [0.15, 0.2) is 9.95 Å². The minimum atomic E-state index is -0.468. The van der Waals surface area contributed by atoms with Gasteiger partial charge in [0.25, 0.3) is 5.56 Å². The number of methoxy groups -OCH3 is 1. The second-order valence-electron chi connectivity index (χ2n) is 7.32. The fourth-order valence-corrected chi connectivity index (χ4v) is 5.58. The number of thioether (sulfide) groups is 1. The van der Waals surface area contributed by atoms with Crippen LogP contribution in [-0.4, -0.2) is 47.0 Å². The molecule has 0 bridgehead atoms. The summed E-state index contributed by atoms with van der Waals surface area (Å²) >= 11 is 2.75. The minimum absolute atomic E-state index is 0.00804. The van der Waals surface area contributed by atoms with E-state index in [0.29, 0.717) is 18.3 Å². The van der Waals surface area contributed by atoms with E-state index in [0.717, 1.165) is 54.3 Å². The number of rotatable bonds is 7. The Morgan fingerprint density at radius 3 is 2.86 bits per heavy atom. The summed E-state index contributed by atoms with van der Waals surface area (Å²) in [5, 5.41) is 6.25. The highest BCUT2D eigenvalue weighted by atomic mass is 32.2. The third-order valence-electron chi connectivity index (χ3n) is 5.06. The van der Waals surface area contributed by atoms with Crippen LogP contribution < -0.4 is 16.2 Å². The molecule has 0 aliphatic heterocycles. The van der Waals surface area contributed by atoms with E-state index in [9.17, 15) is 14.4 Å². The molecule has 1 fully saturated rings. The first-order valence-electron chi connectivity index (χ1n) is 9.84. The van der Waals surface area contributed by atoms with E-state index < -0.39 is 11.9 Å². The summed E-state index contributed by atoms with van der Waals surface area (Å²) in [6.45, 7) is 0.748. The van der Waals surface area contributed by atoms with Crippen LogP contribution >= 0.6 is 23.1 Å². The Morgan fingerprint density at radius 2 is 2.10 bits per heavy atom. The van der Waals surface area contributed by atoms with E-state index in [2.05, 4.69) is 10.6 Å². The van der Waals surface area contributed by atoms with Crippen LogP contribution in [0, 0.1) is 0 Å². The lowest BCUT2D eigenvalue weighted by molar-refractivity contribution is -0.117. The number of thiophene rings is 1. The Balaban J connectivity index is 1.55. The molecule has 29 heavy (non-hydrogen) atoms. The molecule has 4 rings (SSSR count).